The Morgan fingerprint density at radius 2 is 1.80 bits per heavy atom. The molecule has 3 N–H and O–H groups in total. The summed E-state index contributed by atoms with van der Waals surface area (Å²) in [4.78, 5) is 31.8. The van der Waals surface area contributed by atoms with Crippen LogP contribution in [0, 0.1) is 11.8 Å². The molecule has 1 aromatic heterocycles. The van der Waals surface area contributed by atoms with Crippen LogP contribution >= 0.6 is 0 Å². The number of aromatic amines is 1. The number of aromatic nitrogens is 3. The molecule has 4 aromatic rings. The molecule has 2 atom stereocenters. The Bertz CT molecular complexity index is 1790. The fourth-order valence-electron chi connectivity index (χ4n) is 4.28. The lowest BCUT2D eigenvalue weighted by atomic mass is 10.1. The van der Waals surface area contributed by atoms with Crippen molar-refractivity contribution in [3.8, 4) is 17.6 Å². The quantitative estimate of drug-likeness (QED) is 0.244. The van der Waals surface area contributed by atoms with Gasteiger partial charge in [0.1, 0.15) is 23.7 Å². The number of amides is 2. The van der Waals surface area contributed by atoms with Crippen LogP contribution in [0.2, 0.25) is 0 Å². The SMILES string of the molecule is C[C@H]1Oc2ccc(C#Cc3cccc(S(=O)(=O)O)c3)cc2N(C)C(=O)[C@H]1NC(=O)c1n[nH]c(Cc2ccccc2)n1. The highest BCUT2D eigenvalue weighted by molar-refractivity contribution is 7.85. The number of hydrogen-bond donors (Lipinski definition) is 3. The van der Waals surface area contributed by atoms with Crippen molar-refractivity contribution in [2.75, 3.05) is 11.9 Å². The third-order valence-electron chi connectivity index (χ3n) is 6.42. The number of ether oxygens (including phenoxy) is 1. The number of nitrogens with zero attached hydrogens (tertiary/aromatic N) is 3. The molecular formula is C29H25N5O6S. The first-order valence-corrected chi connectivity index (χ1v) is 14.0. The molecule has 0 unspecified atom stereocenters. The molecule has 0 radical (unpaired) electrons. The van der Waals surface area contributed by atoms with E-state index in [-0.39, 0.29) is 10.7 Å². The molecular weight excluding hydrogens is 546 g/mol. The van der Waals surface area contributed by atoms with Crippen LogP contribution in [0.3, 0.4) is 0 Å². The highest BCUT2D eigenvalue weighted by Crippen LogP contribution is 2.33. The average molecular weight is 572 g/mol. The van der Waals surface area contributed by atoms with Crippen LogP contribution in [-0.4, -0.2) is 59.2 Å². The summed E-state index contributed by atoms with van der Waals surface area (Å²) in [5, 5.41) is 9.47. The van der Waals surface area contributed by atoms with Crippen molar-refractivity contribution >= 4 is 27.6 Å². The van der Waals surface area contributed by atoms with Crippen LogP contribution in [0.25, 0.3) is 0 Å². The summed E-state index contributed by atoms with van der Waals surface area (Å²) in [7, 11) is -2.79. The third-order valence-corrected chi connectivity index (χ3v) is 7.27. The Balaban J connectivity index is 1.32. The maximum Gasteiger partial charge on any atom is 0.294 e. The van der Waals surface area contributed by atoms with Gasteiger partial charge in [0.2, 0.25) is 5.82 Å². The maximum atomic E-state index is 13.4. The molecule has 1 aliphatic heterocycles. The van der Waals surface area contributed by atoms with E-state index in [9.17, 15) is 22.6 Å². The van der Waals surface area contributed by atoms with Crippen molar-refractivity contribution in [2.45, 2.75) is 30.4 Å². The van der Waals surface area contributed by atoms with E-state index in [1.807, 2.05) is 30.3 Å². The standard InChI is InChI=1S/C29H25N5O6S/c1-18-26(31-28(35)27-30-25(32-33-27)17-19-7-4-3-5-8-19)29(36)34(2)23-16-21(13-14-24(23)40-18)12-11-20-9-6-10-22(15-20)41(37,38)39/h3-10,13-16,18,26H,17H2,1-2H3,(H,31,35)(H,30,32,33)(H,37,38,39)/t18-,26+/m1/s1. The topological polar surface area (TPSA) is 155 Å². The van der Waals surface area contributed by atoms with Gasteiger partial charge in [0.15, 0.2) is 0 Å². The fraction of sp³-hybridized carbons (Fsp3) is 0.172. The van der Waals surface area contributed by atoms with Gasteiger partial charge in [-0.05, 0) is 48.9 Å². The maximum absolute atomic E-state index is 13.4. The van der Waals surface area contributed by atoms with E-state index < -0.39 is 34.1 Å². The minimum absolute atomic E-state index is 0.0871. The van der Waals surface area contributed by atoms with Crippen LogP contribution < -0.4 is 15.0 Å². The molecule has 1 aliphatic rings. The third kappa shape index (κ3) is 6.27. The summed E-state index contributed by atoms with van der Waals surface area (Å²) in [6, 6.07) is 19.2. The van der Waals surface area contributed by atoms with Gasteiger partial charge in [-0.1, -0.05) is 48.2 Å². The zero-order valence-electron chi connectivity index (χ0n) is 22.0. The summed E-state index contributed by atoms with van der Waals surface area (Å²) in [6.45, 7) is 1.68. The highest BCUT2D eigenvalue weighted by atomic mass is 32.2. The first kappa shape index (κ1) is 27.6. The van der Waals surface area contributed by atoms with Gasteiger partial charge in [-0.15, -0.1) is 5.10 Å². The molecule has 41 heavy (non-hydrogen) atoms. The van der Waals surface area contributed by atoms with Gasteiger partial charge >= 0.3 is 0 Å². The van der Waals surface area contributed by atoms with E-state index in [2.05, 4.69) is 32.3 Å². The normalized spacial score (nSPS) is 16.6. The number of H-pyrrole nitrogens is 1. The molecule has 0 spiro atoms. The lowest BCUT2D eigenvalue weighted by Crippen LogP contribution is -2.53. The summed E-state index contributed by atoms with van der Waals surface area (Å²) >= 11 is 0. The van der Waals surface area contributed by atoms with Crippen molar-refractivity contribution in [3.63, 3.8) is 0 Å². The van der Waals surface area contributed by atoms with Gasteiger partial charge in [-0.2, -0.15) is 8.42 Å². The zero-order chi connectivity index (χ0) is 29.1. The second kappa shape index (κ2) is 11.2. The monoisotopic (exact) mass is 571 g/mol. The number of nitrogens with one attached hydrogen (secondary N) is 2. The first-order valence-electron chi connectivity index (χ1n) is 12.5. The lowest BCUT2D eigenvalue weighted by Gasteiger charge is -2.23. The Labute approximate surface area is 236 Å². The minimum atomic E-state index is -4.35. The van der Waals surface area contributed by atoms with Crippen molar-refractivity contribution < 1.29 is 27.3 Å². The Hall–Kier alpha value is -4.99. The molecule has 0 saturated heterocycles. The Morgan fingerprint density at radius 3 is 2.54 bits per heavy atom. The Morgan fingerprint density at radius 1 is 1.07 bits per heavy atom. The van der Waals surface area contributed by atoms with E-state index in [0.29, 0.717) is 34.8 Å². The second-order valence-electron chi connectivity index (χ2n) is 9.37. The number of rotatable bonds is 5. The van der Waals surface area contributed by atoms with Crippen molar-refractivity contribution in [1.29, 1.82) is 0 Å². The largest absolute Gasteiger partial charge is 0.486 e. The molecule has 5 rings (SSSR count). The summed E-state index contributed by atoms with van der Waals surface area (Å²) < 4.78 is 38.1. The number of carbonyl (C=O) groups excluding carboxylic acids is 2. The fourth-order valence-corrected chi connectivity index (χ4v) is 4.81. The second-order valence-corrected chi connectivity index (χ2v) is 10.8. The first-order chi connectivity index (χ1) is 19.6. The molecule has 0 aliphatic carbocycles. The van der Waals surface area contributed by atoms with Crippen LogP contribution in [-0.2, 0) is 21.3 Å². The molecule has 0 fully saturated rings. The summed E-state index contributed by atoms with van der Waals surface area (Å²) in [5.74, 6) is 5.61. The van der Waals surface area contributed by atoms with Gasteiger partial charge in [0.25, 0.3) is 21.9 Å². The predicted molar refractivity (Wildman–Crippen MR) is 149 cm³/mol. The Kier molecular flexibility index (Phi) is 7.56. The number of likely N-dealkylation sites (N-methyl/N-ethyl adjacent to an activating group) is 1. The van der Waals surface area contributed by atoms with Crippen LogP contribution in [0.5, 0.6) is 5.75 Å². The lowest BCUT2D eigenvalue weighted by molar-refractivity contribution is -0.121. The molecule has 0 saturated carbocycles. The van der Waals surface area contributed by atoms with Crippen LogP contribution in [0.15, 0.2) is 77.7 Å². The average Bonchev–Trinajstić information content (AvgIpc) is 3.40. The number of fused-ring (bicyclic) bond motifs is 1. The van der Waals surface area contributed by atoms with E-state index in [1.54, 1.807) is 38.2 Å². The molecule has 2 heterocycles. The number of hydrogen-bond acceptors (Lipinski definition) is 7. The van der Waals surface area contributed by atoms with E-state index in [1.165, 1.54) is 23.1 Å². The van der Waals surface area contributed by atoms with Crippen LogP contribution in [0.1, 0.15) is 40.1 Å². The van der Waals surface area contributed by atoms with Crippen molar-refractivity contribution in [1.82, 2.24) is 20.5 Å². The van der Waals surface area contributed by atoms with Gasteiger partial charge in [-0.25, -0.2) is 4.98 Å². The van der Waals surface area contributed by atoms with E-state index in [0.717, 1.165) is 5.56 Å². The van der Waals surface area contributed by atoms with Crippen LogP contribution in [0.4, 0.5) is 5.69 Å². The van der Waals surface area contributed by atoms with Crippen molar-refractivity contribution in [2.24, 2.45) is 0 Å². The van der Waals surface area contributed by atoms with Gasteiger partial charge in [-0.3, -0.25) is 19.2 Å². The number of anilines is 1. The molecule has 208 valence electrons. The van der Waals surface area contributed by atoms with Gasteiger partial charge in [0, 0.05) is 24.6 Å². The smallest absolute Gasteiger partial charge is 0.294 e. The molecule has 3 aromatic carbocycles. The summed E-state index contributed by atoms with van der Waals surface area (Å²) in [6.07, 6.45) is -0.240. The van der Waals surface area contributed by atoms with Gasteiger partial charge < -0.3 is 15.0 Å². The molecule has 2 amide bonds. The molecule has 0 bridgehead atoms. The summed E-state index contributed by atoms with van der Waals surface area (Å²) in [5.41, 5.74) is 2.36. The number of carbonyl (C=O) groups is 2. The highest BCUT2D eigenvalue weighted by Gasteiger charge is 2.36. The van der Waals surface area contributed by atoms with E-state index in [4.69, 9.17) is 4.74 Å². The van der Waals surface area contributed by atoms with Gasteiger partial charge in [0.05, 0.1) is 10.6 Å². The van der Waals surface area contributed by atoms with Crippen molar-refractivity contribution in [3.05, 3.63) is 101 Å². The predicted octanol–water partition coefficient (Wildman–Crippen LogP) is 2.58. The minimum Gasteiger partial charge on any atom is -0.486 e. The van der Waals surface area contributed by atoms with E-state index >= 15 is 0 Å². The molecule has 11 nitrogen and oxygen atoms in total. The molecule has 12 heteroatoms. The zero-order valence-corrected chi connectivity index (χ0v) is 22.8. The number of benzene rings is 3.